The molecular weight excluding hydrogens is 266 g/mol. The van der Waals surface area contributed by atoms with Gasteiger partial charge in [0.2, 0.25) is 5.95 Å². The monoisotopic (exact) mass is 281 g/mol. The normalized spacial score (nSPS) is 17.7. The van der Waals surface area contributed by atoms with Crippen molar-refractivity contribution in [2.45, 2.75) is 25.3 Å². The Labute approximate surface area is 121 Å². The molecule has 0 saturated heterocycles. The minimum Gasteiger partial charge on any atom is -0.423 e. The second-order valence-electron chi connectivity index (χ2n) is 5.28. The lowest BCUT2D eigenvalue weighted by molar-refractivity contribution is 0.564. The topological polar surface area (TPSA) is 89.9 Å². The number of anilines is 2. The van der Waals surface area contributed by atoms with Crippen LogP contribution in [-0.2, 0) is 12.8 Å². The van der Waals surface area contributed by atoms with Crippen LogP contribution in [0.15, 0.2) is 34.9 Å². The molecule has 2 aromatic heterocycles. The summed E-state index contributed by atoms with van der Waals surface area (Å²) in [4.78, 5) is 13.2. The summed E-state index contributed by atoms with van der Waals surface area (Å²) in [7, 11) is 0. The summed E-state index contributed by atoms with van der Waals surface area (Å²) < 4.78 is 5.61. The van der Waals surface area contributed by atoms with Gasteiger partial charge in [0.05, 0.1) is 0 Å². The number of nitrogens with zero attached hydrogens (tertiary/aromatic N) is 3. The zero-order valence-electron chi connectivity index (χ0n) is 11.4. The van der Waals surface area contributed by atoms with Gasteiger partial charge in [0.1, 0.15) is 5.52 Å². The number of benzene rings is 1. The highest BCUT2D eigenvalue weighted by molar-refractivity contribution is 5.74. The summed E-state index contributed by atoms with van der Waals surface area (Å²) in [6, 6.07) is 8.24. The molecule has 0 radical (unpaired) electrons. The number of aryl methyl sites for hydroxylation is 1. The molecule has 3 N–H and O–H groups in total. The zero-order valence-corrected chi connectivity index (χ0v) is 11.4. The fourth-order valence-corrected chi connectivity index (χ4v) is 2.62. The standard InChI is InChI=1S/C15H15N5O/c16-10-5-6-11-9(7-10)8-17-14(18-11)20-15-19-12-3-1-2-4-13(12)21-15/h1-4,8,10H,5-7,16H2,(H,17,18,19,20)/t10-/m0/s1. The van der Waals surface area contributed by atoms with Crippen LogP contribution in [0.5, 0.6) is 0 Å². The highest BCUT2D eigenvalue weighted by atomic mass is 16.4. The molecule has 6 heteroatoms. The average molecular weight is 281 g/mol. The van der Waals surface area contributed by atoms with Crippen molar-refractivity contribution in [1.29, 1.82) is 0 Å². The van der Waals surface area contributed by atoms with Crippen LogP contribution in [0.4, 0.5) is 12.0 Å². The van der Waals surface area contributed by atoms with Crippen molar-refractivity contribution in [2.75, 3.05) is 5.32 Å². The zero-order chi connectivity index (χ0) is 14.2. The lowest BCUT2D eigenvalue weighted by Gasteiger charge is -2.20. The average Bonchev–Trinajstić information content (AvgIpc) is 2.89. The van der Waals surface area contributed by atoms with E-state index in [1.54, 1.807) is 0 Å². The Balaban J connectivity index is 1.62. The maximum Gasteiger partial charge on any atom is 0.302 e. The van der Waals surface area contributed by atoms with Gasteiger partial charge in [-0.05, 0) is 37.0 Å². The predicted molar refractivity (Wildman–Crippen MR) is 79.3 cm³/mol. The van der Waals surface area contributed by atoms with E-state index < -0.39 is 0 Å². The first-order valence-corrected chi connectivity index (χ1v) is 7.01. The van der Waals surface area contributed by atoms with E-state index in [1.165, 1.54) is 0 Å². The van der Waals surface area contributed by atoms with Gasteiger partial charge >= 0.3 is 6.01 Å². The van der Waals surface area contributed by atoms with Crippen LogP contribution >= 0.6 is 0 Å². The molecule has 2 heterocycles. The van der Waals surface area contributed by atoms with E-state index in [4.69, 9.17) is 10.2 Å². The number of nitrogens with one attached hydrogen (secondary N) is 1. The summed E-state index contributed by atoms with van der Waals surface area (Å²) in [5.41, 5.74) is 9.70. The fraction of sp³-hybridized carbons (Fsp3) is 0.267. The van der Waals surface area contributed by atoms with Crippen molar-refractivity contribution in [3.8, 4) is 0 Å². The van der Waals surface area contributed by atoms with Gasteiger partial charge < -0.3 is 10.2 Å². The molecule has 21 heavy (non-hydrogen) atoms. The molecule has 1 aromatic carbocycles. The van der Waals surface area contributed by atoms with Crippen molar-refractivity contribution in [2.24, 2.45) is 5.73 Å². The third kappa shape index (κ3) is 2.34. The second kappa shape index (κ2) is 4.82. The number of hydrogen-bond acceptors (Lipinski definition) is 6. The highest BCUT2D eigenvalue weighted by Gasteiger charge is 2.18. The Morgan fingerprint density at radius 3 is 3.05 bits per heavy atom. The predicted octanol–water partition coefficient (Wildman–Crippen LogP) is 2.18. The van der Waals surface area contributed by atoms with E-state index in [-0.39, 0.29) is 6.04 Å². The Morgan fingerprint density at radius 2 is 2.14 bits per heavy atom. The van der Waals surface area contributed by atoms with Crippen LogP contribution in [0.2, 0.25) is 0 Å². The lowest BCUT2D eigenvalue weighted by Crippen LogP contribution is -2.28. The number of hydrogen-bond donors (Lipinski definition) is 2. The molecule has 1 atom stereocenters. The first-order valence-electron chi connectivity index (χ1n) is 7.01. The quantitative estimate of drug-likeness (QED) is 0.748. The van der Waals surface area contributed by atoms with E-state index >= 15 is 0 Å². The highest BCUT2D eigenvalue weighted by Crippen LogP contribution is 2.22. The second-order valence-corrected chi connectivity index (χ2v) is 5.28. The number of rotatable bonds is 2. The molecule has 0 bridgehead atoms. The number of nitrogens with two attached hydrogens (primary N) is 1. The van der Waals surface area contributed by atoms with Gasteiger partial charge in [-0.15, -0.1) is 0 Å². The molecule has 1 aliphatic rings. The Bertz CT molecular complexity index is 765. The van der Waals surface area contributed by atoms with E-state index in [2.05, 4.69) is 20.3 Å². The summed E-state index contributed by atoms with van der Waals surface area (Å²) >= 11 is 0. The van der Waals surface area contributed by atoms with Gasteiger partial charge in [0.25, 0.3) is 0 Å². The van der Waals surface area contributed by atoms with Gasteiger partial charge in [-0.3, -0.25) is 5.32 Å². The number of para-hydroxylation sites is 2. The van der Waals surface area contributed by atoms with Crippen LogP contribution in [0.1, 0.15) is 17.7 Å². The summed E-state index contributed by atoms with van der Waals surface area (Å²) in [6.07, 6.45) is 4.54. The molecule has 1 aliphatic carbocycles. The molecule has 0 aliphatic heterocycles. The summed E-state index contributed by atoms with van der Waals surface area (Å²) in [6.45, 7) is 0. The molecular formula is C15H15N5O. The third-order valence-corrected chi connectivity index (χ3v) is 3.70. The molecule has 0 saturated carbocycles. The van der Waals surface area contributed by atoms with Crippen LogP contribution in [-0.4, -0.2) is 21.0 Å². The Morgan fingerprint density at radius 1 is 1.24 bits per heavy atom. The van der Waals surface area contributed by atoms with Crippen molar-refractivity contribution < 1.29 is 4.42 Å². The van der Waals surface area contributed by atoms with Crippen LogP contribution < -0.4 is 11.1 Å². The van der Waals surface area contributed by atoms with E-state index in [0.29, 0.717) is 12.0 Å². The van der Waals surface area contributed by atoms with E-state index in [9.17, 15) is 0 Å². The molecule has 0 spiro atoms. The Hall–Kier alpha value is -2.47. The Kier molecular flexibility index (Phi) is 2.82. The van der Waals surface area contributed by atoms with Gasteiger partial charge in [-0.2, -0.15) is 4.98 Å². The minimum absolute atomic E-state index is 0.219. The molecule has 3 aromatic rings. The first kappa shape index (κ1) is 12.3. The van der Waals surface area contributed by atoms with Crippen molar-refractivity contribution >= 4 is 23.1 Å². The number of oxazole rings is 1. The number of aromatic nitrogens is 3. The largest absolute Gasteiger partial charge is 0.423 e. The van der Waals surface area contributed by atoms with Crippen LogP contribution in [0, 0.1) is 0 Å². The van der Waals surface area contributed by atoms with Crippen LogP contribution in [0.25, 0.3) is 11.1 Å². The van der Waals surface area contributed by atoms with Gasteiger partial charge in [0.15, 0.2) is 5.58 Å². The van der Waals surface area contributed by atoms with Crippen molar-refractivity contribution in [1.82, 2.24) is 15.0 Å². The molecule has 106 valence electrons. The molecule has 0 unspecified atom stereocenters. The fourth-order valence-electron chi connectivity index (χ4n) is 2.62. The van der Waals surface area contributed by atoms with Crippen LogP contribution in [0.3, 0.4) is 0 Å². The van der Waals surface area contributed by atoms with E-state index in [0.717, 1.165) is 41.6 Å². The molecule has 0 amide bonds. The van der Waals surface area contributed by atoms with Gasteiger partial charge in [-0.1, -0.05) is 12.1 Å². The lowest BCUT2D eigenvalue weighted by atomic mass is 9.94. The smallest absolute Gasteiger partial charge is 0.302 e. The van der Waals surface area contributed by atoms with Gasteiger partial charge in [-0.25, -0.2) is 9.97 Å². The SMILES string of the molecule is N[C@H]1CCc2nc(Nc3nc4ccccc4o3)ncc2C1. The minimum atomic E-state index is 0.219. The van der Waals surface area contributed by atoms with E-state index in [1.807, 2.05) is 30.5 Å². The van der Waals surface area contributed by atoms with Crippen molar-refractivity contribution in [3.05, 3.63) is 41.7 Å². The summed E-state index contributed by atoms with van der Waals surface area (Å²) in [5, 5.41) is 3.02. The third-order valence-electron chi connectivity index (χ3n) is 3.70. The first-order chi connectivity index (χ1) is 10.3. The van der Waals surface area contributed by atoms with Gasteiger partial charge in [0, 0.05) is 17.9 Å². The molecule has 4 rings (SSSR count). The van der Waals surface area contributed by atoms with Crippen molar-refractivity contribution in [3.63, 3.8) is 0 Å². The maximum atomic E-state index is 5.96. The molecule has 0 fully saturated rings. The molecule has 6 nitrogen and oxygen atoms in total. The maximum absolute atomic E-state index is 5.96. The summed E-state index contributed by atoms with van der Waals surface area (Å²) in [5.74, 6) is 0.510. The number of fused-ring (bicyclic) bond motifs is 2.